The van der Waals surface area contributed by atoms with Crippen molar-refractivity contribution in [1.29, 1.82) is 0 Å². The smallest absolute Gasteiger partial charge is 0.238 e. The van der Waals surface area contributed by atoms with Crippen molar-refractivity contribution in [2.24, 2.45) is 0 Å². The molecule has 0 fully saturated rings. The van der Waals surface area contributed by atoms with Gasteiger partial charge in [0, 0.05) is 11.7 Å². The fraction of sp³-hybridized carbons (Fsp3) is 0.385. The summed E-state index contributed by atoms with van der Waals surface area (Å²) in [6, 6.07) is 6.11. The van der Waals surface area contributed by atoms with Gasteiger partial charge in [-0.15, -0.1) is 11.3 Å². The monoisotopic (exact) mass is 263 g/mol. The quantitative estimate of drug-likeness (QED) is 0.872. The third kappa shape index (κ3) is 3.27. The highest BCUT2D eigenvalue weighted by atomic mass is 32.1. The highest BCUT2D eigenvalue weighted by molar-refractivity contribution is 7.16. The highest BCUT2D eigenvalue weighted by Gasteiger charge is 2.05. The Labute approximate surface area is 110 Å². The third-order valence-electron chi connectivity index (χ3n) is 2.84. The molecule has 0 aliphatic rings. The Morgan fingerprint density at radius 2 is 2.33 bits per heavy atom. The summed E-state index contributed by atoms with van der Waals surface area (Å²) in [5, 5.41) is 6.04. The number of anilines is 1. The lowest BCUT2D eigenvalue weighted by Gasteiger charge is -2.11. The molecule has 1 heterocycles. The molecule has 1 unspecified atom stereocenters. The molecule has 96 valence electrons. The van der Waals surface area contributed by atoms with E-state index in [-0.39, 0.29) is 5.91 Å². The van der Waals surface area contributed by atoms with E-state index in [1.165, 1.54) is 0 Å². The van der Waals surface area contributed by atoms with E-state index in [0.29, 0.717) is 12.6 Å². The van der Waals surface area contributed by atoms with E-state index >= 15 is 0 Å². The van der Waals surface area contributed by atoms with Crippen LogP contribution in [-0.2, 0) is 4.79 Å². The van der Waals surface area contributed by atoms with E-state index in [1.807, 2.05) is 18.2 Å². The first-order valence-electron chi connectivity index (χ1n) is 6.05. The molecule has 18 heavy (non-hydrogen) atoms. The van der Waals surface area contributed by atoms with Gasteiger partial charge in [0.05, 0.1) is 22.3 Å². The van der Waals surface area contributed by atoms with Gasteiger partial charge in [0.2, 0.25) is 5.91 Å². The molecule has 2 N–H and O–H groups in total. The maximum Gasteiger partial charge on any atom is 0.238 e. The van der Waals surface area contributed by atoms with Crippen LogP contribution in [0.3, 0.4) is 0 Å². The van der Waals surface area contributed by atoms with Gasteiger partial charge in [-0.05, 0) is 31.5 Å². The van der Waals surface area contributed by atoms with Crippen LogP contribution in [0, 0.1) is 0 Å². The molecule has 0 radical (unpaired) electrons. The van der Waals surface area contributed by atoms with Crippen LogP contribution in [0.4, 0.5) is 5.69 Å². The number of thiazole rings is 1. The average molecular weight is 263 g/mol. The van der Waals surface area contributed by atoms with Crippen LogP contribution in [-0.4, -0.2) is 23.5 Å². The van der Waals surface area contributed by atoms with Crippen molar-refractivity contribution in [2.75, 3.05) is 11.9 Å². The van der Waals surface area contributed by atoms with Crippen molar-refractivity contribution in [1.82, 2.24) is 10.3 Å². The summed E-state index contributed by atoms with van der Waals surface area (Å²) < 4.78 is 1.09. The predicted octanol–water partition coefficient (Wildman–Crippen LogP) is 2.62. The SMILES string of the molecule is CCC(C)NCC(=O)Nc1ccc2ncsc2c1. The van der Waals surface area contributed by atoms with Crippen LogP contribution in [0.1, 0.15) is 20.3 Å². The van der Waals surface area contributed by atoms with E-state index in [1.54, 1.807) is 16.8 Å². The summed E-state index contributed by atoms with van der Waals surface area (Å²) >= 11 is 1.57. The number of carbonyl (C=O) groups is 1. The van der Waals surface area contributed by atoms with Crippen LogP contribution >= 0.6 is 11.3 Å². The summed E-state index contributed by atoms with van der Waals surface area (Å²) in [5.74, 6) is -0.0147. The Morgan fingerprint density at radius 1 is 1.50 bits per heavy atom. The molecular weight excluding hydrogens is 246 g/mol. The fourth-order valence-electron chi connectivity index (χ4n) is 1.55. The minimum Gasteiger partial charge on any atom is -0.325 e. The Balaban J connectivity index is 1.94. The second kappa shape index (κ2) is 5.93. The Morgan fingerprint density at radius 3 is 3.11 bits per heavy atom. The summed E-state index contributed by atoms with van der Waals surface area (Å²) in [7, 11) is 0. The van der Waals surface area contributed by atoms with Crippen LogP contribution in [0.2, 0.25) is 0 Å². The van der Waals surface area contributed by atoms with Gasteiger partial charge in [-0.25, -0.2) is 4.98 Å². The molecule has 0 bridgehead atoms. The van der Waals surface area contributed by atoms with Crippen molar-refractivity contribution in [2.45, 2.75) is 26.3 Å². The molecule has 1 amide bonds. The average Bonchev–Trinajstić information content (AvgIpc) is 2.83. The van der Waals surface area contributed by atoms with Crippen molar-refractivity contribution in [3.05, 3.63) is 23.7 Å². The first-order valence-corrected chi connectivity index (χ1v) is 6.93. The van der Waals surface area contributed by atoms with Crippen LogP contribution < -0.4 is 10.6 Å². The molecule has 0 spiro atoms. The third-order valence-corrected chi connectivity index (χ3v) is 3.63. The molecule has 2 rings (SSSR count). The first kappa shape index (κ1) is 13.0. The summed E-state index contributed by atoms with van der Waals surface area (Å²) in [5.41, 5.74) is 3.60. The standard InChI is InChI=1S/C13H17N3OS/c1-3-9(2)14-7-13(17)16-10-4-5-11-12(6-10)18-8-15-11/h4-6,8-9,14H,3,7H2,1-2H3,(H,16,17). The zero-order chi connectivity index (χ0) is 13.0. The normalized spacial score (nSPS) is 12.6. The minimum atomic E-state index is -0.0147. The predicted molar refractivity (Wildman–Crippen MR) is 76.0 cm³/mol. The van der Waals surface area contributed by atoms with E-state index in [2.05, 4.69) is 29.5 Å². The van der Waals surface area contributed by atoms with Crippen molar-refractivity contribution in [3.63, 3.8) is 0 Å². The first-order chi connectivity index (χ1) is 8.69. The summed E-state index contributed by atoms with van der Waals surface area (Å²) in [4.78, 5) is 15.9. The Kier molecular flexibility index (Phi) is 4.28. The maximum atomic E-state index is 11.7. The topological polar surface area (TPSA) is 54.0 Å². The molecule has 2 aromatic rings. The van der Waals surface area contributed by atoms with Gasteiger partial charge in [0.15, 0.2) is 0 Å². The summed E-state index contributed by atoms with van der Waals surface area (Å²) in [6.45, 7) is 4.50. The molecular formula is C13H17N3OS. The lowest BCUT2D eigenvalue weighted by atomic mass is 10.2. The molecule has 0 saturated carbocycles. The second-order valence-corrected chi connectivity index (χ2v) is 5.16. The van der Waals surface area contributed by atoms with Gasteiger partial charge >= 0.3 is 0 Å². The zero-order valence-corrected chi connectivity index (χ0v) is 11.4. The Hall–Kier alpha value is -1.46. The number of amides is 1. The van der Waals surface area contributed by atoms with Gasteiger partial charge in [-0.1, -0.05) is 6.92 Å². The molecule has 4 nitrogen and oxygen atoms in total. The molecule has 0 saturated heterocycles. The number of benzene rings is 1. The minimum absolute atomic E-state index is 0.0147. The number of carbonyl (C=O) groups excluding carboxylic acids is 1. The van der Waals surface area contributed by atoms with Crippen molar-refractivity contribution < 1.29 is 4.79 Å². The number of nitrogens with zero attached hydrogens (tertiary/aromatic N) is 1. The number of aromatic nitrogens is 1. The van der Waals surface area contributed by atoms with Gasteiger partial charge in [-0.3, -0.25) is 4.79 Å². The van der Waals surface area contributed by atoms with Gasteiger partial charge in [0.1, 0.15) is 0 Å². The second-order valence-electron chi connectivity index (χ2n) is 4.27. The molecule has 1 aromatic heterocycles. The largest absolute Gasteiger partial charge is 0.325 e. The van der Waals surface area contributed by atoms with E-state index < -0.39 is 0 Å². The van der Waals surface area contributed by atoms with Crippen LogP contribution in [0.5, 0.6) is 0 Å². The number of hydrogen-bond acceptors (Lipinski definition) is 4. The van der Waals surface area contributed by atoms with E-state index in [9.17, 15) is 4.79 Å². The van der Waals surface area contributed by atoms with E-state index in [0.717, 1.165) is 22.3 Å². The lowest BCUT2D eigenvalue weighted by Crippen LogP contribution is -2.33. The Bertz CT molecular complexity index is 538. The van der Waals surface area contributed by atoms with Gasteiger partial charge in [-0.2, -0.15) is 0 Å². The van der Waals surface area contributed by atoms with Crippen LogP contribution in [0.15, 0.2) is 23.7 Å². The fourth-order valence-corrected chi connectivity index (χ4v) is 2.27. The lowest BCUT2D eigenvalue weighted by molar-refractivity contribution is -0.115. The van der Waals surface area contributed by atoms with Gasteiger partial charge < -0.3 is 10.6 Å². The molecule has 0 aliphatic carbocycles. The molecule has 5 heteroatoms. The van der Waals surface area contributed by atoms with Crippen LogP contribution in [0.25, 0.3) is 10.2 Å². The van der Waals surface area contributed by atoms with E-state index in [4.69, 9.17) is 0 Å². The number of hydrogen-bond donors (Lipinski definition) is 2. The number of fused-ring (bicyclic) bond motifs is 1. The van der Waals surface area contributed by atoms with Crippen molar-refractivity contribution in [3.8, 4) is 0 Å². The molecule has 1 aromatic carbocycles. The number of nitrogens with one attached hydrogen (secondary N) is 2. The highest BCUT2D eigenvalue weighted by Crippen LogP contribution is 2.21. The number of rotatable bonds is 5. The maximum absolute atomic E-state index is 11.7. The summed E-state index contributed by atoms with van der Waals surface area (Å²) in [6.07, 6.45) is 1.01. The van der Waals surface area contributed by atoms with Gasteiger partial charge in [0.25, 0.3) is 0 Å². The zero-order valence-electron chi connectivity index (χ0n) is 10.6. The molecule has 1 atom stereocenters. The molecule has 0 aliphatic heterocycles. The van der Waals surface area contributed by atoms with Crippen molar-refractivity contribution >= 4 is 33.1 Å².